The zero-order chi connectivity index (χ0) is 41.2. The summed E-state index contributed by atoms with van der Waals surface area (Å²) in [5.41, 5.74) is 18.5. The van der Waals surface area contributed by atoms with E-state index in [-0.39, 0.29) is 0 Å². The Kier molecular flexibility index (Phi) is 9.57. The fourth-order valence-corrected chi connectivity index (χ4v) is 9.02. The Labute approximate surface area is 362 Å². The van der Waals surface area contributed by atoms with Gasteiger partial charge in [0.2, 0.25) is 0 Å². The van der Waals surface area contributed by atoms with Crippen LogP contribution in [0.3, 0.4) is 0 Å². The number of rotatable bonds is 9. The van der Waals surface area contributed by atoms with Crippen LogP contribution in [0.25, 0.3) is 83.1 Å². The predicted octanol–water partition coefficient (Wildman–Crippen LogP) is 16.6. The summed E-state index contributed by atoms with van der Waals surface area (Å²) in [6.07, 6.45) is 0. The third kappa shape index (κ3) is 6.84. The van der Waals surface area contributed by atoms with Gasteiger partial charge in [-0.05, 0) is 105 Å². The summed E-state index contributed by atoms with van der Waals surface area (Å²) in [6.45, 7) is 0. The summed E-state index contributed by atoms with van der Waals surface area (Å²) in [5.74, 6) is 0. The van der Waals surface area contributed by atoms with Gasteiger partial charge in [-0.2, -0.15) is 0 Å². The SMILES string of the molecule is c1ccc(-c2ccc(N(c3ccc4c5ccccc5n(-c5ccc(-c6ccccc6)c(-c6ccccc6)c5)c4c3)c3ccc(-c4ccccc4)cc3-c3ccccc3)cc2)cc1. The molecule has 2 nitrogen and oxygen atoms in total. The van der Waals surface area contributed by atoms with Crippen LogP contribution in [0, 0.1) is 0 Å². The predicted molar refractivity (Wildman–Crippen MR) is 263 cm³/mol. The van der Waals surface area contributed by atoms with Crippen molar-refractivity contribution in [1.82, 2.24) is 4.57 Å². The van der Waals surface area contributed by atoms with Crippen LogP contribution in [0.4, 0.5) is 17.1 Å². The van der Waals surface area contributed by atoms with E-state index in [2.05, 4.69) is 264 Å². The van der Waals surface area contributed by atoms with E-state index in [4.69, 9.17) is 0 Å². The molecule has 0 bridgehead atoms. The van der Waals surface area contributed by atoms with E-state index in [0.717, 1.165) is 39.4 Å². The van der Waals surface area contributed by atoms with Crippen LogP contribution in [0.2, 0.25) is 0 Å². The monoisotopic (exact) mass is 790 g/mol. The quantitative estimate of drug-likeness (QED) is 0.141. The highest BCUT2D eigenvalue weighted by Crippen LogP contribution is 2.45. The molecule has 11 aromatic rings. The number of hydrogen-bond donors (Lipinski definition) is 0. The highest BCUT2D eigenvalue weighted by atomic mass is 15.1. The molecule has 0 saturated carbocycles. The van der Waals surface area contributed by atoms with E-state index >= 15 is 0 Å². The topological polar surface area (TPSA) is 8.17 Å². The Hall–Kier alpha value is -8.20. The van der Waals surface area contributed by atoms with E-state index in [1.807, 2.05) is 0 Å². The average Bonchev–Trinajstić information content (AvgIpc) is 3.69. The zero-order valence-corrected chi connectivity index (χ0v) is 34.1. The van der Waals surface area contributed by atoms with Gasteiger partial charge >= 0.3 is 0 Å². The normalized spacial score (nSPS) is 11.2. The van der Waals surface area contributed by atoms with Gasteiger partial charge in [0, 0.05) is 33.4 Å². The molecule has 0 saturated heterocycles. The molecule has 0 aliphatic rings. The number of aromatic nitrogens is 1. The molecule has 10 aromatic carbocycles. The number of fused-ring (bicyclic) bond motifs is 3. The first-order valence-electron chi connectivity index (χ1n) is 21.3. The molecular weight excluding hydrogens is 749 g/mol. The second-order valence-corrected chi connectivity index (χ2v) is 15.7. The summed E-state index contributed by atoms with van der Waals surface area (Å²) < 4.78 is 2.45. The van der Waals surface area contributed by atoms with E-state index < -0.39 is 0 Å². The molecular formula is C60H42N2. The van der Waals surface area contributed by atoms with Gasteiger partial charge in [-0.3, -0.25) is 0 Å². The van der Waals surface area contributed by atoms with E-state index in [1.54, 1.807) is 0 Å². The molecule has 0 amide bonds. The van der Waals surface area contributed by atoms with Crippen molar-refractivity contribution < 1.29 is 0 Å². The lowest BCUT2D eigenvalue weighted by molar-refractivity contribution is 1.18. The molecule has 0 N–H and O–H groups in total. The smallest absolute Gasteiger partial charge is 0.0561 e. The minimum Gasteiger partial charge on any atom is -0.310 e. The number of nitrogens with zero attached hydrogens (tertiary/aromatic N) is 2. The lowest BCUT2D eigenvalue weighted by Crippen LogP contribution is -2.11. The van der Waals surface area contributed by atoms with Gasteiger partial charge in [-0.15, -0.1) is 0 Å². The molecule has 0 aliphatic heterocycles. The molecule has 11 rings (SSSR count). The van der Waals surface area contributed by atoms with E-state index in [9.17, 15) is 0 Å². The van der Waals surface area contributed by atoms with Gasteiger partial charge in [0.25, 0.3) is 0 Å². The molecule has 2 heteroatoms. The number of anilines is 3. The molecule has 62 heavy (non-hydrogen) atoms. The Balaban J connectivity index is 1.15. The molecule has 0 spiro atoms. The molecule has 0 aliphatic carbocycles. The van der Waals surface area contributed by atoms with Crippen LogP contribution < -0.4 is 4.90 Å². The first kappa shape index (κ1) is 36.8. The van der Waals surface area contributed by atoms with Crippen LogP contribution >= 0.6 is 0 Å². The third-order valence-corrected chi connectivity index (χ3v) is 12.0. The Bertz CT molecular complexity index is 3300. The third-order valence-electron chi connectivity index (χ3n) is 12.0. The van der Waals surface area contributed by atoms with Gasteiger partial charge in [-0.1, -0.05) is 200 Å². The van der Waals surface area contributed by atoms with E-state index in [1.165, 1.54) is 60.8 Å². The van der Waals surface area contributed by atoms with Crippen LogP contribution in [0.5, 0.6) is 0 Å². The van der Waals surface area contributed by atoms with Gasteiger partial charge < -0.3 is 9.47 Å². The van der Waals surface area contributed by atoms with Crippen molar-refractivity contribution in [2.45, 2.75) is 0 Å². The van der Waals surface area contributed by atoms with Gasteiger partial charge in [0.15, 0.2) is 0 Å². The fraction of sp³-hybridized carbons (Fsp3) is 0. The molecule has 0 radical (unpaired) electrons. The van der Waals surface area contributed by atoms with Crippen LogP contribution in [-0.4, -0.2) is 4.57 Å². The van der Waals surface area contributed by atoms with Gasteiger partial charge in [0.1, 0.15) is 0 Å². The lowest BCUT2D eigenvalue weighted by Gasteiger charge is -2.29. The summed E-state index contributed by atoms with van der Waals surface area (Å²) in [4.78, 5) is 2.43. The number of benzene rings is 10. The first-order valence-corrected chi connectivity index (χ1v) is 21.3. The minimum atomic E-state index is 1.07. The molecule has 1 aromatic heterocycles. The van der Waals surface area contributed by atoms with Crippen LogP contribution in [-0.2, 0) is 0 Å². The van der Waals surface area contributed by atoms with Crippen molar-refractivity contribution in [2.24, 2.45) is 0 Å². The Morgan fingerprint density at radius 3 is 1.35 bits per heavy atom. The summed E-state index contributed by atoms with van der Waals surface area (Å²) >= 11 is 0. The molecule has 0 fully saturated rings. The maximum absolute atomic E-state index is 2.45. The highest BCUT2D eigenvalue weighted by molar-refractivity contribution is 6.11. The van der Waals surface area contributed by atoms with Crippen molar-refractivity contribution in [2.75, 3.05) is 4.90 Å². The van der Waals surface area contributed by atoms with Gasteiger partial charge in [-0.25, -0.2) is 0 Å². The Morgan fingerprint density at radius 2 is 0.726 bits per heavy atom. The Morgan fingerprint density at radius 1 is 0.258 bits per heavy atom. The van der Waals surface area contributed by atoms with Crippen LogP contribution in [0.15, 0.2) is 255 Å². The molecule has 0 unspecified atom stereocenters. The number of para-hydroxylation sites is 1. The molecule has 1 heterocycles. The highest BCUT2D eigenvalue weighted by Gasteiger charge is 2.22. The van der Waals surface area contributed by atoms with Crippen LogP contribution in [0.1, 0.15) is 0 Å². The van der Waals surface area contributed by atoms with Crippen molar-refractivity contribution in [3.8, 4) is 61.3 Å². The summed E-state index contributed by atoms with van der Waals surface area (Å²) in [6, 6.07) is 92.2. The standard InChI is InChI=1S/C60H42N2/c1-6-18-43(19-7-1)45-30-33-50(34-31-45)61(59-39-32-49(44-20-8-2-9-21-44)40-57(59)48-26-14-5-15-27-48)52-36-38-55-54-28-16-17-29-58(54)62(60(55)42-52)51-35-37-53(46-22-10-3-11-23-46)56(41-51)47-24-12-4-13-25-47/h1-42H. The van der Waals surface area contributed by atoms with Crippen molar-refractivity contribution in [3.05, 3.63) is 255 Å². The van der Waals surface area contributed by atoms with Gasteiger partial charge in [0.05, 0.1) is 16.7 Å². The lowest BCUT2D eigenvalue weighted by atomic mass is 9.94. The largest absolute Gasteiger partial charge is 0.310 e. The maximum Gasteiger partial charge on any atom is 0.0561 e. The molecule has 292 valence electrons. The number of hydrogen-bond acceptors (Lipinski definition) is 1. The van der Waals surface area contributed by atoms with E-state index in [0.29, 0.717) is 0 Å². The summed E-state index contributed by atoms with van der Waals surface area (Å²) in [7, 11) is 0. The zero-order valence-electron chi connectivity index (χ0n) is 34.1. The fourth-order valence-electron chi connectivity index (χ4n) is 9.02. The van der Waals surface area contributed by atoms with Crippen molar-refractivity contribution >= 4 is 38.9 Å². The summed E-state index contributed by atoms with van der Waals surface area (Å²) in [5, 5.41) is 2.43. The second-order valence-electron chi connectivity index (χ2n) is 15.7. The first-order chi connectivity index (χ1) is 30.8. The minimum absolute atomic E-state index is 1.07. The second kappa shape index (κ2) is 16.1. The molecule has 0 atom stereocenters. The average molecular weight is 791 g/mol. The maximum atomic E-state index is 2.45. The van der Waals surface area contributed by atoms with Crippen molar-refractivity contribution in [1.29, 1.82) is 0 Å². The van der Waals surface area contributed by atoms with Crippen molar-refractivity contribution in [3.63, 3.8) is 0 Å².